The van der Waals surface area contributed by atoms with Gasteiger partial charge >= 0.3 is 12.4 Å². The molecule has 0 saturated heterocycles. The molecule has 37 heavy (non-hydrogen) atoms. The molecule has 2 heterocycles. The Morgan fingerprint density at radius 2 is 1.68 bits per heavy atom. The van der Waals surface area contributed by atoms with Crippen molar-refractivity contribution in [1.82, 2.24) is 14.9 Å². The monoisotopic (exact) mass is 544 g/mol. The molecule has 3 rings (SSSR count). The summed E-state index contributed by atoms with van der Waals surface area (Å²) >= 11 is 0. The molecule has 0 radical (unpaired) electrons. The number of alkyl halides is 8. The molecular weight excluding hydrogens is 530 g/mol. The molecule has 0 aliphatic rings. The first-order valence-electron chi connectivity index (χ1n) is 9.96. The van der Waals surface area contributed by atoms with Crippen LogP contribution >= 0.6 is 0 Å². The molecule has 16 heteroatoms. The summed E-state index contributed by atoms with van der Waals surface area (Å²) in [6.07, 6.45) is -14.3. The van der Waals surface area contributed by atoms with Crippen molar-refractivity contribution in [2.75, 3.05) is 18.5 Å². The molecular formula is C21H14F10N4O2. The summed E-state index contributed by atoms with van der Waals surface area (Å²) in [6, 6.07) is -0.494. The lowest BCUT2D eigenvalue weighted by Gasteiger charge is -2.24. The smallest absolute Gasteiger partial charge is 0.354 e. The van der Waals surface area contributed by atoms with Crippen LogP contribution in [0.1, 0.15) is 10.4 Å². The first-order chi connectivity index (χ1) is 17.0. The minimum Gasteiger partial charge on any atom is -0.354 e. The highest BCUT2D eigenvalue weighted by molar-refractivity contribution is 5.97. The summed E-state index contributed by atoms with van der Waals surface area (Å²) in [5, 5.41) is 0.122. The zero-order valence-corrected chi connectivity index (χ0v) is 18.3. The third kappa shape index (κ3) is 5.94. The van der Waals surface area contributed by atoms with Crippen molar-refractivity contribution < 1.29 is 48.7 Å². The fraction of sp³-hybridized carbons (Fsp3) is 0.286. The van der Waals surface area contributed by atoms with E-state index >= 15 is 0 Å². The Hall–Kier alpha value is -3.85. The number of pyridine rings is 2. The van der Waals surface area contributed by atoms with Gasteiger partial charge in [0.2, 0.25) is 11.5 Å². The summed E-state index contributed by atoms with van der Waals surface area (Å²) < 4.78 is 132. The molecule has 0 saturated carbocycles. The van der Waals surface area contributed by atoms with E-state index in [1.54, 1.807) is 0 Å². The Morgan fingerprint density at radius 1 is 1.05 bits per heavy atom. The van der Waals surface area contributed by atoms with Crippen LogP contribution < -0.4 is 15.6 Å². The predicted octanol–water partition coefficient (Wildman–Crippen LogP) is 4.59. The highest BCUT2D eigenvalue weighted by atomic mass is 19.4. The van der Waals surface area contributed by atoms with Crippen molar-refractivity contribution in [1.29, 1.82) is 0 Å². The number of hydrogen-bond donors (Lipinski definition) is 1. The van der Waals surface area contributed by atoms with E-state index < -0.39 is 76.6 Å². The topological polar surface area (TPSA) is 67.2 Å². The lowest BCUT2D eigenvalue weighted by molar-refractivity contribution is -0.255. The maximum Gasteiger partial charge on any atom is 0.417 e. The molecule has 1 aromatic carbocycles. The van der Waals surface area contributed by atoms with Gasteiger partial charge in [-0.05, 0) is 24.3 Å². The van der Waals surface area contributed by atoms with E-state index in [4.69, 9.17) is 0 Å². The summed E-state index contributed by atoms with van der Waals surface area (Å²) in [5.41, 5.74) is -3.76. The summed E-state index contributed by atoms with van der Waals surface area (Å²) in [7, 11) is 1.19. The highest BCUT2D eigenvalue weighted by Gasteiger charge is 2.57. The Kier molecular flexibility index (Phi) is 7.42. The van der Waals surface area contributed by atoms with Crippen LogP contribution in [-0.4, -0.2) is 53.9 Å². The molecule has 6 nitrogen and oxygen atoms in total. The van der Waals surface area contributed by atoms with E-state index in [0.717, 1.165) is 29.2 Å². The normalized spacial score (nSPS) is 12.5. The van der Waals surface area contributed by atoms with Gasteiger partial charge in [-0.2, -0.15) is 26.3 Å². The average Bonchev–Trinajstić information content (AvgIpc) is 2.76. The minimum absolute atomic E-state index is 0.185. The number of benzene rings is 1. The molecule has 200 valence electrons. The van der Waals surface area contributed by atoms with Gasteiger partial charge in [0.25, 0.3) is 12.3 Å². The molecule has 1 N–H and O–H groups in total. The zero-order chi connectivity index (χ0) is 27.9. The van der Waals surface area contributed by atoms with Crippen LogP contribution in [-0.2, 0) is 0 Å². The number of amides is 1. The maximum atomic E-state index is 14.6. The van der Waals surface area contributed by atoms with Gasteiger partial charge in [0, 0.05) is 19.3 Å². The summed E-state index contributed by atoms with van der Waals surface area (Å²) in [4.78, 5) is 30.2. The van der Waals surface area contributed by atoms with E-state index in [1.165, 1.54) is 7.05 Å². The number of nitrogens with zero attached hydrogens (tertiary/aromatic N) is 3. The quantitative estimate of drug-likeness (QED) is 0.462. The Balaban J connectivity index is 2.26. The molecule has 3 aromatic rings. The number of aromatic nitrogens is 2. The van der Waals surface area contributed by atoms with Crippen molar-refractivity contribution in [2.45, 2.75) is 24.8 Å². The van der Waals surface area contributed by atoms with Crippen LogP contribution in [0.4, 0.5) is 49.7 Å². The van der Waals surface area contributed by atoms with Crippen LogP contribution in [0.15, 0.2) is 41.3 Å². The first-order valence-corrected chi connectivity index (χ1v) is 9.96. The molecule has 1 amide bonds. The number of halogens is 10. The maximum absolute atomic E-state index is 14.6. The van der Waals surface area contributed by atoms with Crippen LogP contribution in [0.3, 0.4) is 0 Å². The lowest BCUT2D eigenvalue weighted by atomic mass is 10.1. The third-order valence-electron chi connectivity index (χ3n) is 4.98. The minimum atomic E-state index is -5.97. The van der Waals surface area contributed by atoms with E-state index in [0.29, 0.717) is 22.1 Å². The number of carbonyl (C=O) groups is 1. The molecule has 0 aliphatic carbocycles. The standard InChI is InChI=1S/C21H14F10N4O2/c1-34(8-14(24)25)15-5-3-10-16(36)11(18(37)33-19(20(26,27)28)21(29,30)31)7-35(17(10)32-15)13-4-2-9(22)6-12(13)23/h2-7,14,19H,8H2,1H3,(H,33,37). The number of rotatable bonds is 6. The van der Waals surface area contributed by atoms with E-state index in [2.05, 4.69) is 4.98 Å². The Bertz CT molecular complexity index is 1370. The number of hydrogen-bond acceptors (Lipinski definition) is 4. The van der Waals surface area contributed by atoms with Crippen LogP contribution in [0.2, 0.25) is 0 Å². The fourth-order valence-corrected chi connectivity index (χ4v) is 3.29. The largest absolute Gasteiger partial charge is 0.417 e. The molecule has 0 spiro atoms. The molecule has 0 unspecified atom stereocenters. The third-order valence-corrected chi connectivity index (χ3v) is 4.98. The van der Waals surface area contributed by atoms with Gasteiger partial charge in [0.05, 0.1) is 17.6 Å². The molecule has 0 aliphatic heterocycles. The van der Waals surface area contributed by atoms with Gasteiger partial charge in [-0.25, -0.2) is 22.5 Å². The van der Waals surface area contributed by atoms with Crippen molar-refractivity contribution in [3.8, 4) is 5.69 Å². The van der Waals surface area contributed by atoms with Crippen molar-refractivity contribution in [2.24, 2.45) is 0 Å². The van der Waals surface area contributed by atoms with Crippen molar-refractivity contribution in [3.05, 3.63) is 63.9 Å². The van der Waals surface area contributed by atoms with Crippen LogP contribution in [0.25, 0.3) is 16.7 Å². The number of fused-ring (bicyclic) bond motifs is 1. The SMILES string of the molecule is CN(CC(F)F)c1ccc2c(=O)c(C(=O)NC(C(F)(F)F)C(F)(F)F)cn(-c3ccc(F)cc3F)c2n1. The zero-order valence-electron chi connectivity index (χ0n) is 18.3. The molecule has 0 fully saturated rings. The summed E-state index contributed by atoms with van der Waals surface area (Å²) in [6.45, 7) is -0.829. The average molecular weight is 544 g/mol. The van der Waals surface area contributed by atoms with Gasteiger partial charge < -0.3 is 10.2 Å². The highest BCUT2D eigenvalue weighted by Crippen LogP contribution is 2.33. The first kappa shape index (κ1) is 27.7. The van der Waals surface area contributed by atoms with E-state index in [1.807, 2.05) is 0 Å². The second-order valence-corrected chi connectivity index (χ2v) is 7.64. The number of carbonyl (C=O) groups excluding carboxylic acids is 1. The van der Waals surface area contributed by atoms with Crippen molar-refractivity contribution in [3.63, 3.8) is 0 Å². The fourth-order valence-electron chi connectivity index (χ4n) is 3.29. The predicted molar refractivity (Wildman–Crippen MR) is 110 cm³/mol. The van der Waals surface area contributed by atoms with E-state index in [-0.39, 0.29) is 5.82 Å². The lowest BCUT2D eigenvalue weighted by Crippen LogP contribution is -2.55. The van der Waals surface area contributed by atoms with Gasteiger partial charge in [-0.15, -0.1) is 0 Å². The number of anilines is 1. The van der Waals surface area contributed by atoms with Crippen LogP contribution in [0, 0.1) is 11.6 Å². The second kappa shape index (κ2) is 9.89. The molecule has 0 atom stereocenters. The molecule has 0 bridgehead atoms. The summed E-state index contributed by atoms with van der Waals surface area (Å²) in [5.74, 6) is -4.66. The molecule has 2 aromatic heterocycles. The van der Waals surface area contributed by atoms with Crippen LogP contribution in [0.5, 0.6) is 0 Å². The number of nitrogens with one attached hydrogen (secondary N) is 1. The Morgan fingerprint density at radius 3 is 2.22 bits per heavy atom. The van der Waals surface area contributed by atoms with Gasteiger partial charge in [-0.1, -0.05) is 0 Å². The van der Waals surface area contributed by atoms with Gasteiger partial charge in [0.1, 0.15) is 23.0 Å². The van der Waals surface area contributed by atoms with Gasteiger partial charge in [0.15, 0.2) is 5.65 Å². The van der Waals surface area contributed by atoms with Gasteiger partial charge in [-0.3, -0.25) is 14.2 Å². The Labute approximate surface area is 200 Å². The van der Waals surface area contributed by atoms with Crippen molar-refractivity contribution >= 4 is 22.8 Å². The van der Waals surface area contributed by atoms with E-state index in [9.17, 15) is 53.5 Å². The second-order valence-electron chi connectivity index (χ2n) is 7.64.